The lowest BCUT2D eigenvalue weighted by molar-refractivity contribution is -0.130. The van der Waals surface area contributed by atoms with Crippen LogP contribution in [0, 0.1) is 0 Å². The third kappa shape index (κ3) is 2.60. The van der Waals surface area contributed by atoms with Gasteiger partial charge in [0.25, 0.3) is 0 Å². The van der Waals surface area contributed by atoms with Crippen molar-refractivity contribution in [3.63, 3.8) is 0 Å². The molecule has 0 fully saturated rings. The van der Waals surface area contributed by atoms with E-state index in [-0.39, 0.29) is 11.3 Å². The molecule has 1 aromatic carbocycles. The van der Waals surface area contributed by atoms with Crippen molar-refractivity contribution in [2.45, 2.75) is 0 Å². The van der Waals surface area contributed by atoms with E-state index in [1.54, 1.807) is 24.3 Å². The number of allylic oxidation sites excluding steroid dienone is 1. The molecule has 0 spiro atoms. The van der Waals surface area contributed by atoms with E-state index in [0.29, 0.717) is 11.3 Å². The van der Waals surface area contributed by atoms with Gasteiger partial charge in [-0.1, -0.05) is 24.8 Å². The predicted octanol–water partition coefficient (Wildman–Crippen LogP) is 1.21. The summed E-state index contributed by atoms with van der Waals surface area (Å²) >= 11 is 0. The van der Waals surface area contributed by atoms with E-state index in [2.05, 4.69) is 6.58 Å². The monoisotopic (exact) mass is 204 g/mol. The van der Waals surface area contributed by atoms with Gasteiger partial charge in [-0.05, 0) is 12.1 Å². The summed E-state index contributed by atoms with van der Waals surface area (Å²) in [5, 5.41) is 8.98. The molecule has 0 atom stereocenters. The highest BCUT2D eigenvalue weighted by Gasteiger charge is 2.12. The van der Waals surface area contributed by atoms with Crippen molar-refractivity contribution in [1.82, 2.24) is 0 Å². The first-order valence-corrected chi connectivity index (χ1v) is 4.26. The lowest BCUT2D eigenvalue weighted by Gasteiger charge is -2.05. The molecule has 0 aliphatic rings. The van der Waals surface area contributed by atoms with E-state index < -0.39 is 5.97 Å². The number of carbonyl (C=O) groups is 1. The van der Waals surface area contributed by atoms with Crippen LogP contribution in [0.4, 0.5) is 5.69 Å². The maximum absolute atomic E-state index is 11.0. The van der Waals surface area contributed by atoms with E-state index in [0.717, 1.165) is 0 Å². The van der Waals surface area contributed by atoms with Gasteiger partial charge in [0.1, 0.15) is 0 Å². The first kappa shape index (κ1) is 10.8. The van der Waals surface area contributed by atoms with E-state index >= 15 is 0 Å². The minimum Gasteiger partial charge on any atom is -0.478 e. The van der Waals surface area contributed by atoms with Crippen molar-refractivity contribution in [3.05, 3.63) is 48.2 Å². The van der Waals surface area contributed by atoms with Gasteiger partial charge >= 0.3 is 5.97 Å². The Morgan fingerprint density at radius 1 is 1.40 bits per heavy atom. The molecule has 0 aliphatic carbocycles. The Bertz CT molecular complexity index is 436. The zero-order valence-corrected chi connectivity index (χ0v) is 8.10. The highest BCUT2D eigenvalue weighted by Crippen LogP contribution is 2.21. The van der Waals surface area contributed by atoms with Gasteiger partial charge in [0, 0.05) is 16.9 Å². The van der Waals surface area contributed by atoms with E-state index in [1.807, 2.05) is 0 Å². The quantitative estimate of drug-likeness (QED) is 0.392. The zero-order chi connectivity index (χ0) is 11.4. The number of anilines is 1. The van der Waals surface area contributed by atoms with Crippen LogP contribution in [-0.2, 0) is 4.79 Å². The smallest absolute Gasteiger partial charge is 0.336 e. The van der Waals surface area contributed by atoms with Crippen LogP contribution in [0.1, 0.15) is 5.56 Å². The molecule has 0 amide bonds. The van der Waals surface area contributed by atoms with Crippen molar-refractivity contribution in [2.24, 2.45) is 5.73 Å². The normalized spacial score (nSPS) is 11.1. The molecular formula is C11H12N2O2. The van der Waals surface area contributed by atoms with Crippen LogP contribution < -0.4 is 11.5 Å². The molecule has 1 rings (SSSR count). The summed E-state index contributed by atoms with van der Waals surface area (Å²) < 4.78 is 0. The zero-order valence-electron chi connectivity index (χ0n) is 8.10. The van der Waals surface area contributed by atoms with Crippen molar-refractivity contribution in [1.29, 1.82) is 0 Å². The topological polar surface area (TPSA) is 89.3 Å². The minimum absolute atomic E-state index is 0.0422. The summed E-state index contributed by atoms with van der Waals surface area (Å²) in [5.74, 6) is -1.08. The van der Waals surface area contributed by atoms with Gasteiger partial charge in [0.15, 0.2) is 0 Å². The van der Waals surface area contributed by atoms with Gasteiger partial charge in [-0.3, -0.25) is 0 Å². The fraction of sp³-hybridized carbons (Fsp3) is 0. The van der Waals surface area contributed by atoms with Crippen LogP contribution in [0.25, 0.3) is 5.57 Å². The van der Waals surface area contributed by atoms with E-state index in [4.69, 9.17) is 16.6 Å². The van der Waals surface area contributed by atoms with E-state index in [9.17, 15) is 4.79 Å². The van der Waals surface area contributed by atoms with Gasteiger partial charge in [-0.2, -0.15) is 0 Å². The Hall–Kier alpha value is -2.23. The second kappa shape index (κ2) is 4.32. The molecule has 0 aromatic heterocycles. The highest BCUT2D eigenvalue weighted by molar-refractivity contribution is 6.17. The Kier molecular flexibility index (Phi) is 3.13. The van der Waals surface area contributed by atoms with Crippen molar-refractivity contribution < 1.29 is 9.90 Å². The van der Waals surface area contributed by atoms with Crippen LogP contribution in [0.15, 0.2) is 42.6 Å². The van der Waals surface area contributed by atoms with Gasteiger partial charge in [-0.15, -0.1) is 0 Å². The SMILES string of the molecule is C=C(N)/C=C(/C(=O)O)c1ccccc1N. The first-order valence-electron chi connectivity index (χ1n) is 4.26. The Morgan fingerprint density at radius 3 is 2.47 bits per heavy atom. The number of nitrogen functional groups attached to an aromatic ring is 1. The average Bonchev–Trinajstić information content (AvgIpc) is 2.15. The molecular weight excluding hydrogens is 192 g/mol. The predicted molar refractivity (Wildman–Crippen MR) is 59.8 cm³/mol. The van der Waals surface area contributed by atoms with Crippen LogP contribution in [0.5, 0.6) is 0 Å². The number of aliphatic carboxylic acids is 1. The summed E-state index contributed by atoms with van der Waals surface area (Å²) in [5.41, 5.74) is 12.1. The fourth-order valence-electron chi connectivity index (χ4n) is 1.18. The number of para-hydroxylation sites is 1. The minimum atomic E-state index is -1.08. The highest BCUT2D eigenvalue weighted by atomic mass is 16.4. The van der Waals surface area contributed by atoms with E-state index in [1.165, 1.54) is 6.08 Å². The summed E-state index contributed by atoms with van der Waals surface area (Å²) in [6.45, 7) is 3.43. The van der Waals surface area contributed by atoms with Crippen molar-refractivity contribution >= 4 is 17.2 Å². The Balaban J connectivity index is 3.29. The lowest BCUT2D eigenvalue weighted by Crippen LogP contribution is -2.05. The Morgan fingerprint density at radius 2 is 2.00 bits per heavy atom. The number of nitrogens with two attached hydrogens (primary N) is 2. The van der Waals surface area contributed by atoms with Crippen LogP contribution >= 0.6 is 0 Å². The number of rotatable bonds is 3. The summed E-state index contributed by atoms with van der Waals surface area (Å²) in [6, 6.07) is 6.70. The first-order chi connectivity index (χ1) is 7.02. The fourth-order valence-corrected chi connectivity index (χ4v) is 1.18. The van der Waals surface area contributed by atoms with Gasteiger partial charge < -0.3 is 16.6 Å². The summed E-state index contributed by atoms with van der Waals surface area (Å²) in [4.78, 5) is 11.0. The lowest BCUT2D eigenvalue weighted by atomic mass is 10.0. The molecule has 0 bridgehead atoms. The molecule has 15 heavy (non-hydrogen) atoms. The molecule has 4 heteroatoms. The van der Waals surface area contributed by atoms with Gasteiger partial charge in [0.2, 0.25) is 0 Å². The molecule has 0 aliphatic heterocycles. The molecule has 1 aromatic rings. The number of hydrogen-bond acceptors (Lipinski definition) is 3. The largest absolute Gasteiger partial charge is 0.478 e. The number of hydrogen-bond donors (Lipinski definition) is 3. The van der Waals surface area contributed by atoms with Crippen LogP contribution in [0.2, 0.25) is 0 Å². The number of benzene rings is 1. The number of carboxylic acid groups (broad SMARTS) is 1. The molecule has 78 valence electrons. The Labute approximate surface area is 87.5 Å². The summed E-state index contributed by atoms with van der Waals surface area (Å²) in [7, 11) is 0. The molecule has 0 saturated carbocycles. The summed E-state index contributed by atoms with van der Waals surface area (Å²) in [6.07, 6.45) is 1.29. The maximum Gasteiger partial charge on any atom is 0.336 e. The second-order valence-electron chi connectivity index (χ2n) is 3.03. The second-order valence-corrected chi connectivity index (χ2v) is 3.03. The number of carboxylic acids is 1. The van der Waals surface area contributed by atoms with Crippen molar-refractivity contribution in [3.8, 4) is 0 Å². The molecule has 0 radical (unpaired) electrons. The molecule has 4 nitrogen and oxygen atoms in total. The average molecular weight is 204 g/mol. The molecule has 0 saturated heterocycles. The maximum atomic E-state index is 11.0. The third-order valence-electron chi connectivity index (χ3n) is 1.81. The van der Waals surface area contributed by atoms with Gasteiger partial charge in [0.05, 0.1) is 5.57 Å². The van der Waals surface area contributed by atoms with Crippen molar-refractivity contribution in [2.75, 3.05) is 5.73 Å². The standard InChI is InChI=1S/C11H12N2O2/c1-7(12)6-9(11(14)15)8-4-2-3-5-10(8)13/h2-6H,1,12-13H2,(H,14,15)/b9-6+. The molecule has 0 heterocycles. The molecule has 5 N–H and O–H groups in total. The van der Waals surface area contributed by atoms with Gasteiger partial charge in [-0.25, -0.2) is 4.79 Å². The van der Waals surface area contributed by atoms with Crippen LogP contribution in [-0.4, -0.2) is 11.1 Å². The van der Waals surface area contributed by atoms with Crippen LogP contribution in [0.3, 0.4) is 0 Å². The molecule has 0 unspecified atom stereocenters. The third-order valence-corrected chi connectivity index (χ3v) is 1.81.